The molecule has 0 radical (unpaired) electrons. The Labute approximate surface area is 510 Å². The molecule has 0 aliphatic carbocycles. The van der Waals surface area contributed by atoms with Crippen LogP contribution in [0.4, 0.5) is 0 Å². The van der Waals surface area contributed by atoms with E-state index in [0.29, 0.717) is 19.3 Å². The minimum atomic E-state index is -0.796. The number of esters is 3. The first kappa shape index (κ1) is 79.1. The lowest BCUT2D eigenvalue weighted by molar-refractivity contribution is -0.167. The molecule has 6 nitrogen and oxygen atoms in total. The lowest BCUT2D eigenvalue weighted by atomic mass is 10.0. The zero-order chi connectivity index (χ0) is 59.2. The van der Waals surface area contributed by atoms with Crippen molar-refractivity contribution in [2.75, 3.05) is 13.2 Å². The molecule has 6 heteroatoms. The summed E-state index contributed by atoms with van der Waals surface area (Å²) in [4.78, 5) is 38.4. The number of unbranched alkanes of at least 4 members (excludes halogenated alkanes) is 46. The maximum atomic E-state index is 12.9. The highest BCUT2D eigenvalue weighted by Gasteiger charge is 2.19. The van der Waals surface area contributed by atoms with Gasteiger partial charge in [0.15, 0.2) is 6.10 Å². The van der Waals surface area contributed by atoms with E-state index in [1.165, 1.54) is 263 Å². The van der Waals surface area contributed by atoms with E-state index in [-0.39, 0.29) is 37.5 Å². The lowest BCUT2D eigenvalue weighted by Crippen LogP contribution is -2.30. The number of ether oxygens (including phenoxy) is 3. The molecule has 0 N–H and O–H groups in total. The standard InChI is InChI=1S/C76H138O6/c1-4-7-10-13-16-19-22-25-28-31-33-34-35-36-37-38-39-40-41-42-43-46-48-51-54-57-60-63-66-69-75(78)81-72-73(71-80-74(77)68-65-62-59-56-53-50-47-44-30-27-24-21-18-15-12-9-6-3)82-76(79)70-67-64-61-58-55-52-49-45-32-29-26-23-20-17-14-11-8-5-2/h9,12,18,21,27,30,47,50,56,59,73H,4-8,10-11,13-17,19-20,22-26,28-29,31-46,48-49,51-55,57-58,60-72H2,1-3H3/b12-9-,21-18-,30-27-,50-47-,59-56-. The van der Waals surface area contributed by atoms with Gasteiger partial charge in [0.25, 0.3) is 0 Å². The van der Waals surface area contributed by atoms with Crippen LogP contribution >= 0.6 is 0 Å². The van der Waals surface area contributed by atoms with Gasteiger partial charge < -0.3 is 14.2 Å². The SMILES string of the molecule is CC/C=C\C/C=C\C/C=C\C/C=C\C/C=C\CCCC(=O)OCC(COC(=O)CCCCCCCCCCCCCCCCCCCCCCCCCCCCCCC)OC(=O)CCCCCCCCCCCCCCCCCCCC. The van der Waals surface area contributed by atoms with Crippen LogP contribution in [-0.4, -0.2) is 37.2 Å². The Hall–Kier alpha value is -2.89. The van der Waals surface area contributed by atoms with Gasteiger partial charge in [-0.25, -0.2) is 0 Å². The van der Waals surface area contributed by atoms with E-state index in [4.69, 9.17) is 14.2 Å². The van der Waals surface area contributed by atoms with Crippen molar-refractivity contribution in [3.63, 3.8) is 0 Å². The van der Waals surface area contributed by atoms with Crippen LogP contribution in [0.5, 0.6) is 0 Å². The van der Waals surface area contributed by atoms with Crippen LogP contribution in [0.1, 0.15) is 387 Å². The number of rotatable bonds is 67. The Morgan fingerprint density at radius 2 is 0.476 bits per heavy atom. The maximum absolute atomic E-state index is 12.9. The number of allylic oxidation sites excluding steroid dienone is 10. The maximum Gasteiger partial charge on any atom is 0.306 e. The highest BCUT2D eigenvalue weighted by atomic mass is 16.6. The summed E-state index contributed by atoms with van der Waals surface area (Å²) >= 11 is 0. The van der Waals surface area contributed by atoms with Gasteiger partial charge in [0.1, 0.15) is 13.2 Å². The molecule has 0 saturated heterocycles. The third-order valence-electron chi connectivity index (χ3n) is 16.3. The van der Waals surface area contributed by atoms with Gasteiger partial charge in [-0.15, -0.1) is 0 Å². The predicted molar refractivity (Wildman–Crippen MR) is 358 cm³/mol. The summed E-state index contributed by atoms with van der Waals surface area (Å²) in [7, 11) is 0. The molecule has 0 aliphatic heterocycles. The first-order valence-corrected chi connectivity index (χ1v) is 36.3. The smallest absolute Gasteiger partial charge is 0.306 e. The van der Waals surface area contributed by atoms with Gasteiger partial charge in [-0.1, -0.05) is 370 Å². The monoisotopic (exact) mass is 1150 g/mol. The largest absolute Gasteiger partial charge is 0.462 e. The summed E-state index contributed by atoms with van der Waals surface area (Å²) < 4.78 is 17.0. The Balaban J connectivity index is 4.26. The van der Waals surface area contributed by atoms with Crippen molar-refractivity contribution in [3.8, 4) is 0 Å². The summed E-state index contributed by atoms with van der Waals surface area (Å²) in [6, 6.07) is 0. The molecule has 0 aromatic rings. The predicted octanol–water partition coefficient (Wildman–Crippen LogP) is 25.1. The van der Waals surface area contributed by atoms with Crippen molar-refractivity contribution in [2.24, 2.45) is 0 Å². The van der Waals surface area contributed by atoms with Crippen molar-refractivity contribution in [3.05, 3.63) is 60.8 Å². The molecule has 0 rings (SSSR count). The van der Waals surface area contributed by atoms with Crippen molar-refractivity contribution in [1.29, 1.82) is 0 Å². The minimum Gasteiger partial charge on any atom is -0.462 e. The molecule has 0 aliphatic rings. The molecule has 1 atom stereocenters. The van der Waals surface area contributed by atoms with Crippen LogP contribution in [0.2, 0.25) is 0 Å². The summed E-state index contributed by atoms with van der Waals surface area (Å²) in [6.45, 7) is 6.55. The van der Waals surface area contributed by atoms with E-state index in [9.17, 15) is 14.4 Å². The first-order chi connectivity index (χ1) is 40.5. The van der Waals surface area contributed by atoms with E-state index in [2.05, 4.69) is 81.5 Å². The molecule has 0 aromatic carbocycles. The Morgan fingerprint density at radius 3 is 0.744 bits per heavy atom. The van der Waals surface area contributed by atoms with E-state index < -0.39 is 6.10 Å². The van der Waals surface area contributed by atoms with Crippen LogP contribution in [-0.2, 0) is 28.6 Å². The van der Waals surface area contributed by atoms with Crippen LogP contribution < -0.4 is 0 Å². The fourth-order valence-corrected chi connectivity index (χ4v) is 10.9. The van der Waals surface area contributed by atoms with Gasteiger partial charge >= 0.3 is 17.9 Å². The average molecular weight is 1150 g/mol. The summed E-state index contributed by atoms with van der Waals surface area (Å²) in [6.07, 6.45) is 91.3. The van der Waals surface area contributed by atoms with Crippen molar-refractivity contribution in [1.82, 2.24) is 0 Å². The van der Waals surface area contributed by atoms with E-state index in [1.807, 2.05) is 0 Å². The van der Waals surface area contributed by atoms with Crippen LogP contribution in [0, 0.1) is 0 Å². The van der Waals surface area contributed by atoms with Crippen LogP contribution in [0.25, 0.3) is 0 Å². The fraction of sp³-hybridized carbons (Fsp3) is 0.829. The number of carbonyl (C=O) groups is 3. The molecular weight excluding hydrogens is 1010 g/mol. The highest BCUT2D eigenvalue weighted by molar-refractivity contribution is 5.71. The summed E-state index contributed by atoms with van der Waals surface area (Å²) in [5, 5.41) is 0. The fourth-order valence-electron chi connectivity index (χ4n) is 10.9. The normalized spacial score (nSPS) is 12.4. The van der Waals surface area contributed by atoms with E-state index >= 15 is 0 Å². The van der Waals surface area contributed by atoms with Gasteiger partial charge in [0, 0.05) is 19.3 Å². The molecule has 82 heavy (non-hydrogen) atoms. The minimum absolute atomic E-state index is 0.0867. The van der Waals surface area contributed by atoms with Crippen LogP contribution in [0.15, 0.2) is 60.8 Å². The second-order valence-electron chi connectivity index (χ2n) is 24.5. The quantitative estimate of drug-likeness (QED) is 0.0261. The highest BCUT2D eigenvalue weighted by Crippen LogP contribution is 2.19. The summed E-state index contributed by atoms with van der Waals surface area (Å²) in [5.41, 5.74) is 0. The summed E-state index contributed by atoms with van der Waals surface area (Å²) in [5.74, 6) is -0.921. The Morgan fingerprint density at radius 1 is 0.256 bits per heavy atom. The molecule has 0 amide bonds. The molecule has 0 heterocycles. The van der Waals surface area contributed by atoms with Crippen LogP contribution in [0.3, 0.4) is 0 Å². The van der Waals surface area contributed by atoms with Gasteiger partial charge in [-0.3, -0.25) is 14.4 Å². The number of carbonyl (C=O) groups excluding carboxylic acids is 3. The zero-order valence-corrected chi connectivity index (χ0v) is 55.0. The number of hydrogen-bond acceptors (Lipinski definition) is 6. The van der Waals surface area contributed by atoms with Gasteiger partial charge in [-0.2, -0.15) is 0 Å². The Kier molecular flexibility index (Phi) is 68.1. The second-order valence-corrected chi connectivity index (χ2v) is 24.5. The first-order valence-electron chi connectivity index (χ1n) is 36.3. The molecule has 1 unspecified atom stereocenters. The van der Waals surface area contributed by atoms with Gasteiger partial charge in [-0.05, 0) is 57.8 Å². The zero-order valence-electron chi connectivity index (χ0n) is 55.0. The van der Waals surface area contributed by atoms with Crippen molar-refractivity contribution >= 4 is 17.9 Å². The number of hydrogen-bond donors (Lipinski definition) is 0. The topological polar surface area (TPSA) is 78.9 Å². The Bertz CT molecular complexity index is 1460. The lowest BCUT2D eigenvalue weighted by Gasteiger charge is -2.18. The van der Waals surface area contributed by atoms with Crippen molar-refractivity contribution < 1.29 is 28.6 Å². The van der Waals surface area contributed by atoms with E-state index in [1.54, 1.807) is 0 Å². The van der Waals surface area contributed by atoms with Gasteiger partial charge in [0.05, 0.1) is 0 Å². The molecular formula is C76H138O6. The molecule has 0 spiro atoms. The molecule has 0 fully saturated rings. The molecule has 478 valence electrons. The third-order valence-corrected chi connectivity index (χ3v) is 16.3. The van der Waals surface area contributed by atoms with Crippen molar-refractivity contribution in [2.45, 2.75) is 393 Å². The van der Waals surface area contributed by atoms with Gasteiger partial charge in [0.2, 0.25) is 0 Å². The second kappa shape index (κ2) is 70.6. The molecule has 0 bridgehead atoms. The average Bonchev–Trinajstić information content (AvgIpc) is 3.47. The third kappa shape index (κ3) is 67.9. The van der Waals surface area contributed by atoms with E-state index in [0.717, 1.165) is 77.0 Å². The molecule has 0 aromatic heterocycles. The molecule has 0 saturated carbocycles.